The molecular formula is C15H15ClN2O3. The summed E-state index contributed by atoms with van der Waals surface area (Å²) in [6, 6.07) is 5.26. The summed E-state index contributed by atoms with van der Waals surface area (Å²) in [6.45, 7) is 5.66. The highest BCUT2D eigenvalue weighted by Crippen LogP contribution is 2.31. The van der Waals surface area contributed by atoms with E-state index in [1.807, 2.05) is 26.8 Å². The van der Waals surface area contributed by atoms with Crippen molar-refractivity contribution in [3.63, 3.8) is 0 Å². The van der Waals surface area contributed by atoms with Crippen molar-refractivity contribution >= 4 is 17.6 Å². The van der Waals surface area contributed by atoms with Crippen LogP contribution in [0.5, 0.6) is 11.5 Å². The molecule has 0 bridgehead atoms. The molecule has 2 aromatic rings. The fraction of sp³-hybridized carbons (Fsp3) is 0.267. The normalized spacial score (nSPS) is 10.7. The minimum atomic E-state index is -1.17. The Labute approximate surface area is 127 Å². The molecule has 0 aliphatic carbocycles. The van der Waals surface area contributed by atoms with Gasteiger partial charge in [0.25, 0.3) is 0 Å². The predicted molar refractivity (Wildman–Crippen MR) is 79.3 cm³/mol. The number of halogens is 1. The zero-order valence-corrected chi connectivity index (χ0v) is 12.7. The van der Waals surface area contributed by atoms with E-state index in [-0.39, 0.29) is 17.4 Å². The molecule has 0 unspecified atom stereocenters. The average Bonchev–Trinajstić information content (AvgIpc) is 2.42. The predicted octanol–water partition coefficient (Wildman–Crippen LogP) is 4.05. The maximum atomic E-state index is 11.3. The Morgan fingerprint density at radius 3 is 2.67 bits per heavy atom. The highest BCUT2D eigenvalue weighted by molar-refractivity contribution is 6.32. The van der Waals surface area contributed by atoms with Crippen molar-refractivity contribution in [3.8, 4) is 11.5 Å². The summed E-state index contributed by atoms with van der Waals surface area (Å²) >= 11 is 6.05. The lowest BCUT2D eigenvalue weighted by Gasteiger charge is -2.11. The zero-order chi connectivity index (χ0) is 15.6. The summed E-state index contributed by atoms with van der Waals surface area (Å²) in [5, 5.41) is 9.66. The van der Waals surface area contributed by atoms with Crippen LogP contribution in [0.3, 0.4) is 0 Å². The van der Waals surface area contributed by atoms with Crippen LogP contribution in [0.15, 0.2) is 24.4 Å². The average molecular weight is 307 g/mol. The van der Waals surface area contributed by atoms with E-state index in [4.69, 9.17) is 16.3 Å². The molecule has 0 amide bonds. The summed E-state index contributed by atoms with van der Waals surface area (Å²) in [5.74, 6) is -0.243. The van der Waals surface area contributed by atoms with Crippen molar-refractivity contribution in [1.29, 1.82) is 0 Å². The van der Waals surface area contributed by atoms with Crippen LogP contribution < -0.4 is 4.74 Å². The lowest BCUT2D eigenvalue weighted by Crippen LogP contribution is -2.08. The Kier molecular flexibility index (Phi) is 4.43. The van der Waals surface area contributed by atoms with E-state index in [2.05, 4.69) is 9.97 Å². The van der Waals surface area contributed by atoms with E-state index in [0.29, 0.717) is 16.6 Å². The maximum Gasteiger partial charge on any atom is 0.358 e. The molecule has 0 aliphatic rings. The number of benzene rings is 1. The minimum Gasteiger partial charge on any atom is -0.476 e. The molecule has 1 aromatic heterocycles. The first-order valence-corrected chi connectivity index (χ1v) is 6.80. The smallest absolute Gasteiger partial charge is 0.358 e. The van der Waals surface area contributed by atoms with E-state index in [1.54, 1.807) is 12.1 Å². The van der Waals surface area contributed by atoms with Gasteiger partial charge in [0.1, 0.15) is 11.6 Å². The van der Waals surface area contributed by atoms with Crippen molar-refractivity contribution < 1.29 is 14.6 Å². The largest absolute Gasteiger partial charge is 0.476 e. The number of rotatable bonds is 4. The maximum absolute atomic E-state index is 11.3. The Balaban J connectivity index is 2.44. The monoisotopic (exact) mass is 306 g/mol. The molecule has 1 aromatic carbocycles. The van der Waals surface area contributed by atoms with Gasteiger partial charge in [-0.3, -0.25) is 0 Å². The van der Waals surface area contributed by atoms with E-state index >= 15 is 0 Å². The molecule has 0 saturated carbocycles. The number of aryl methyl sites for hydroxylation is 1. The molecule has 2 rings (SSSR count). The second kappa shape index (κ2) is 6.10. The summed E-state index contributed by atoms with van der Waals surface area (Å²) < 4.78 is 5.58. The Morgan fingerprint density at radius 2 is 2.05 bits per heavy atom. The summed E-state index contributed by atoms with van der Waals surface area (Å²) in [4.78, 5) is 19.5. The van der Waals surface area contributed by atoms with Crippen molar-refractivity contribution in [2.45, 2.75) is 26.7 Å². The van der Waals surface area contributed by atoms with E-state index in [1.165, 1.54) is 6.20 Å². The minimum absolute atomic E-state index is 0.0275. The van der Waals surface area contributed by atoms with Gasteiger partial charge in [-0.05, 0) is 24.6 Å². The molecule has 6 heteroatoms. The first-order valence-electron chi connectivity index (χ1n) is 6.42. The van der Waals surface area contributed by atoms with Gasteiger partial charge in [0, 0.05) is 5.92 Å². The van der Waals surface area contributed by atoms with Crippen LogP contribution in [-0.4, -0.2) is 21.0 Å². The third kappa shape index (κ3) is 3.49. The van der Waals surface area contributed by atoms with Crippen LogP contribution in [-0.2, 0) is 0 Å². The van der Waals surface area contributed by atoms with Crippen LogP contribution in [0, 0.1) is 6.92 Å². The summed E-state index contributed by atoms with van der Waals surface area (Å²) in [6.07, 6.45) is 1.37. The molecule has 0 aliphatic heterocycles. The second-order valence-electron chi connectivity index (χ2n) is 4.94. The molecule has 21 heavy (non-hydrogen) atoms. The molecule has 110 valence electrons. The van der Waals surface area contributed by atoms with Gasteiger partial charge < -0.3 is 9.84 Å². The standard InChI is InChI=1S/C15H15ClN2O3/c1-8(2)14-17-7-12(13(18-14)15(19)20)21-11-6-9(3)4-5-10(11)16/h4-8H,1-3H3,(H,19,20). The van der Waals surface area contributed by atoms with Crippen molar-refractivity contribution in [3.05, 3.63) is 46.5 Å². The molecule has 5 nitrogen and oxygen atoms in total. The molecule has 0 atom stereocenters. The highest BCUT2D eigenvalue weighted by Gasteiger charge is 2.18. The number of carboxylic acid groups (broad SMARTS) is 1. The summed E-state index contributed by atoms with van der Waals surface area (Å²) in [7, 11) is 0. The van der Waals surface area contributed by atoms with Gasteiger partial charge in [-0.2, -0.15) is 0 Å². The van der Waals surface area contributed by atoms with Gasteiger partial charge in [0.05, 0.1) is 11.2 Å². The number of ether oxygens (including phenoxy) is 1. The van der Waals surface area contributed by atoms with Crippen molar-refractivity contribution in [1.82, 2.24) is 9.97 Å². The lowest BCUT2D eigenvalue weighted by molar-refractivity contribution is 0.0686. The van der Waals surface area contributed by atoms with E-state index in [9.17, 15) is 9.90 Å². The third-order valence-corrected chi connectivity index (χ3v) is 3.11. The van der Waals surface area contributed by atoms with Crippen LogP contribution in [0.4, 0.5) is 0 Å². The number of nitrogens with zero attached hydrogens (tertiary/aromatic N) is 2. The van der Waals surface area contributed by atoms with Crippen molar-refractivity contribution in [2.75, 3.05) is 0 Å². The van der Waals surface area contributed by atoms with Gasteiger partial charge >= 0.3 is 5.97 Å². The first-order chi connectivity index (χ1) is 9.88. The Bertz CT molecular complexity index is 687. The number of carboxylic acids is 1. The Morgan fingerprint density at radius 1 is 1.33 bits per heavy atom. The van der Waals surface area contributed by atoms with Crippen LogP contribution in [0.25, 0.3) is 0 Å². The fourth-order valence-electron chi connectivity index (χ4n) is 1.70. The van der Waals surface area contributed by atoms with Gasteiger partial charge in [0.2, 0.25) is 0 Å². The molecule has 0 radical (unpaired) electrons. The second-order valence-corrected chi connectivity index (χ2v) is 5.34. The SMILES string of the molecule is Cc1ccc(Cl)c(Oc2cnc(C(C)C)nc2C(=O)O)c1. The van der Waals surface area contributed by atoms with Gasteiger partial charge in [0.15, 0.2) is 11.4 Å². The van der Waals surface area contributed by atoms with Crippen LogP contribution in [0.1, 0.15) is 41.6 Å². The number of aromatic carboxylic acids is 1. The van der Waals surface area contributed by atoms with Gasteiger partial charge in [-0.25, -0.2) is 14.8 Å². The van der Waals surface area contributed by atoms with Gasteiger partial charge in [-0.15, -0.1) is 0 Å². The van der Waals surface area contributed by atoms with Crippen molar-refractivity contribution in [2.24, 2.45) is 0 Å². The molecule has 0 saturated heterocycles. The van der Waals surface area contributed by atoms with E-state index < -0.39 is 5.97 Å². The topological polar surface area (TPSA) is 72.3 Å². The molecular weight excluding hydrogens is 292 g/mol. The fourth-order valence-corrected chi connectivity index (χ4v) is 1.85. The van der Waals surface area contributed by atoms with Crippen LogP contribution in [0.2, 0.25) is 5.02 Å². The first kappa shape index (κ1) is 15.3. The Hall–Kier alpha value is -2.14. The number of carbonyl (C=O) groups is 1. The number of aromatic nitrogens is 2. The highest BCUT2D eigenvalue weighted by atomic mass is 35.5. The lowest BCUT2D eigenvalue weighted by atomic mass is 10.2. The molecule has 1 N–H and O–H groups in total. The molecule has 0 fully saturated rings. The number of hydrogen-bond donors (Lipinski definition) is 1. The third-order valence-electron chi connectivity index (χ3n) is 2.80. The number of hydrogen-bond acceptors (Lipinski definition) is 4. The zero-order valence-electron chi connectivity index (χ0n) is 11.9. The van der Waals surface area contributed by atoms with Gasteiger partial charge in [-0.1, -0.05) is 31.5 Å². The van der Waals surface area contributed by atoms with E-state index in [0.717, 1.165) is 5.56 Å². The summed E-state index contributed by atoms with van der Waals surface area (Å²) in [5.41, 5.74) is 0.775. The van der Waals surface area contributed by atoms with Crippen LogP contribution >= 0.6 is 11.6 Å². The molecule has 1 heterocycles. The molecule has 0 spiro atoms. The quantitative estimate of drug-likeness (QED) is 0.922.